The fourth-order valence-corrected chi connectivity index (χ4v) is 1.45. The predicted molar refractivity (Wildman–Crippen MR) is 62.6 cm³/mol. The Hall–Kier alpha value is -1.34. The van der Waals surface area contributed by atoms with Crippen molar-refractivity contribution >= 4 is 17.5 Å². The van der Waals surface area contributed by atoms with Gasteiger partial charge in [0, 0.05) is 19.7 Å². The van der Waals surface area contributed by atoms with Crippen molar-refractivity contribution in [2.45, 2.75) is 19.1 Å². The van der Waals surface area contributed by atoms with Gasteiger partial charge in [-0.3, -0.25) is 9.78 Å². The van der Waals surface area contributed by atoms with Crippen LogP contribution in [0.1, 0.15) is 17.7 Å². The number of nitrogens with one attached hydrogen (secondary N) is 1. The number of amides is 1. The van der Waals surface area contributed by atoms with E-state index in [1.54, 1.807) is 0 Å². The molecule has 0 unspecified atom stereocenters. The van der Waals surface area contributed by atoms with Crippen molar-refractivity contribution in [3.8, 4) is 0 Å². The predicted octanol–water partition coefficient (Wildman–Crippen LogP) is 2.41. The molecule has 1 amide bonds. The fourth-order valence-electron chi connectivity index (χ4n) is 1.22. The molecular weight excluding hydrogens is 285 g/mol. The SMILES string of the molecule is COCCC(=O)NCc1ncc(C(F)(F)F)cc1Cl. The molecule has 106 valence electrons. The highest BCUT2D eigenvalue weighted by Gasteiger charge is 2.31. The van der Waals surface area contributed by atoms with Crippen LogP contribution in [0.15, 0.2) is 12.3 Å². The van der Waals surface area contributed by atoms with E-state index in [2.05, 4.69) is 10.3 Å². The first-order valence-corrected chi connectivity index (χ1v) is 5.69. The summed E-state index contributed by atoms with van der Waals surface area (Å²) in [6.45, 7) is 0.236. The molecule has 0 aliphatic carbocycles. The number of pyridine rings is 1. The summed E-state index contributed by atoms with van der Waals surface area (Å²) < 4.78 is 41.8. The number of ether oxygens (including phenoxy) is 1. The van der Waals surface area contributed by atoms with E-state index in [1.165, 1.54) is 7.11 Å². The summed E-state index contributed by atoms with van der Waals surface area (Å²) in [4.78, 5) is 14.9. The minimum atomic E-state index is -4.49. The Morgan fingerprint density at radius 3 is 2.74 bits per heavy atom. The Morgan fingerprint density at radius 1 is 1.53 bits per heavy atom. The number of aromatic nitrogens is 1. The van der Waals surface area contributed by atoms with Crippen LogP contribution in [-0.2, 0) is 22.3 Å². The number of methoxy groups -OCH3 is 1. The molecule has 0 aromatic carbocycles. The summed E-state index contributed by atoms with van der Waals surface area (Å²) in [5.74, 6) is -0.292. The van der Waals surface area contributed by atoms with Crippen LogP contribution < -0.4 is 5.32 Å². The Balaban J connectivity index is 2.63. The fraction of sp³-hybridized carbons (Fsp3) is 0.455. The van der Waals surface area contributed by atoms with Crippen LogP contribution in [0, 0.1) is 0 Å². The summed E-state index contributed by atoms with van der Waals surface area (Å²) in [6.07, 6.45) is -3.64. The minimum Gasteiger partial charge on any atom is -0.384 e. The van der Waals surface area contributed by atoms with E-state index in [1.807, 2.05) is 0 Å². The Bertz CT molecular complexity index is 452. The van der Waals surface area contributed by atoms with Crippen molar-refractivity contribution in [1.82, 2.24) is 10.3 Å². The van der Waals surface area contributed by atoms with Crippen molar-refractivity contribution < 1.29 is 22.7 Å². The van der Waals surface area contributed by atoms with Crippen LogP contribution in [0.2, 0.25) is 5.02 Å². The van der Waals surface area contributed by atoms with E-state index in [9.17, 15) is 18.0 Å². The number of alkyl halides is 3. The Morgan fingerprint density at radius 2 is 2.21 bits per heavy atom. The topological polar surface area (TPSA) is 51.2 Å². The smallest absolute Gasteiger partial charge is 0.384 e. The highest BCUT2D eigenvalue weighted by molar-refractivity contribution is 6.31. The minimum absolute atomic E-state index is 0.0283. The van der Waals surface area contributed by atoms with Gasteiger partial charge in [0.1, 0.15) is 0 Å². The van der Waals surface area contributed by atoms with E-state index in [0.29, 0.717) is 6.20 Å². The zero-order chi connectivity index (χ0) is 14.5. The second-order valence-electron chi connectivity index (χ2n) is 3.67. The number of carbonyl (C=O) groups is 1. The van der Waals surface area contributed by atoms with Gasteiger partial charge < -0.3 is 10.1 Å². The van der Waals surface area contributed by atoms with Gasteiger partial charge >= 0.3 is 6.18 Å². The molecule has 0 aliphatic rings. The van der Waals surface area contributed by atoms with Crippen LogP contribution in [0.4, 0.5) is 13.2 Å². The molecule has 8 heteroatoms. The molecule has 0 spiro atoms. The van der Waals surface area contributed by atoms with Crippen LogP contribution >= 0.6 is 11.6 Å². The number of halogens is 4. The van der Waals surface area contributed by atoms with Crippen molar-refractivity contribution in [3.05, 3.63) is 28.5 Å². The molecule has 1 heterocycles. The molecule has 0 bridgehead atoms. The lowest BCUT2D eigenvalue weighted by Crippen LogP contribution is -2.24. The molecule has 0 saturated carbocycles. The lowest BCUT2D eigenvalue weighted by molar-refractivity contribution is -0.137. The zero-order valence-corrected chi connectivity index (χ0v) is 10.8. The third kappa shape index (κ3) is 5.04. The number of carbonyl (C=O) groups excluding carboxylic acids is 1. The summed E-state index contributed by atoms with van der Waals surface area (Å²) in [5.41, 5.74) is -0.743. The Labute approximate surface area is 112 Å². The van der Waals surface area contributed by atoms with E-state index >= 15 is 0 Å². The van der Waals surface area contributed by atoms with Crippen LogP contribution in [0.3, 0.4) is 0 Å². The van der Waals surface area contributed by atoms with Crippen molar-refractivity contribution in [1.29, 1.82) is 0 Å². The summed E-state index contributed by atoms with van der Waals surface area (Å²) in [6, 6.07) is 0.783. The van der Waals surface area contributed by atoms with Crippen LogP contribution in [0.25, 0.3) is 0 Å². The molecule has 0 saturated heterocycles. The molecule has 0 radical (unpaired) electrons. The maximum Gasteiger partial charge on any atom is 0.417 e. The van der Waals surface area contributed by atoms with Gasteiger partial charge in [-0.15, -0.1) is 0 Å². The molecule has 4 nitrogen and oxygen atoms in total. The van der Waals surface area contributed by atoms with Gasteiger partial charge in [0.2, 0.25) is 5.91 Å². The number of rotatable bonds is 5. The molecule has 0 atom stereocenters. The van der Waals surface area contributed by atoms with E-state index in [-0.39, 0.29) is 36.2 Å². The number of nitrogens with zero attached hydrogens (tertiary/aromatic N) is 1. The first kappa shape index (κ1) is 15.7. The summed E-state index contributed by atoms with van der Waals surface area (Å²) >= 11 is 5.68. The van der Waals surface area contributed by atoms with E-state index in [0.717, 1.165) is 6.07 Å². The van der Waals surface area contributed by atoms with Gasteiger partial charge in [-0.05, 0) is 6.07 Å². The lowest BCUT2D eigenvalue weighted by Gasteiger charge is -2.09. The lowest BCUT2D eigenvalue weighted by atomic mass is 10.2. The van der Waals surface area contributed by atoms with Gasteiger partial charge in [0.25, 0.3) is 0 Å². The average molecular weight is 297 g/mol. The van der Waals surface area contributed by atoms with Crippen LogP contribution in [-0.4, -0.2) is 24.6 Å². The third-order valence-corrected chi connectivity index (χ3v) is 2.56. The van der Waals surface area contributed by atoms with Gasteiger partial charge in [0.15, 0.2) is 0 Å². The molecule has 0 aliphatic heterocycles. The van der Waals surface area contributed by atoms with Crippen molar-refractivity contribution in [2.24, 2.45) is 0 Å². The summed E-state index contributed by atoms with van der Waals surface area (Å²) in [7, 11) is 1.46. The quantitative estimate of drug-likeness (QED) is 0.908. The van der Waals surface area contributed by atoms with Gasteiger partial charge in [-0.2, -0.15) is 13.2 Å². The molecule has 1 aromatic heterocycles. The molecular formula is C11H12ClF3N2O2. The second kappa shape index (κ2) is 6.72. The highest BCUT2D eigenvalue weighted by atomic mass is 35.5. The monoisotopic (exact) mass is 296 g/mol. The molecule has 1 rings (SSSR count). The highest BCUT2D eigenvalue weighted by Crippen LogP contribution is 2.30. The third-order valence-electron chi connectivity index (χ3n) is 2.23. The van der Waals surface area contributed by atoms with Gasteiger partial charge in [0.05, 0.1) is 29.4 Å². The standard InChI is InChI=1S/C11H12ClF3N2O2/c1-19-3-2-10(18)17-6-9-8(12)4-7(5-16-9)11(13,14)15/h4-5H,2-3,6H2,1H3,(H,17,18). The van der Waals surface area contributed by atoms with E-state index < -0.39 is 11.7 Å². The van der Waals surface area contributed by atoms with Gasteiger partial charge in [-0.1, -0.05) is 11.6 Å². The van der Waals surface area contributed by atoms with Crippen molar-refractivity contribution in [3.63, 3.8) is 0 Å². The van der Waals surface area contributed by atoms with Crippen LogP contribution in [0.5, 0.6) is 0 Å². The molecule has 19 heavy (non-hydrogen) atoms. The normalized spacial score (nSPS) is 11.4. The maximum absolute atomic E-state index is 12.4. The average Bonchev–Trinajstić information content (AvgIpc) is 2.33. The van der Waals surface area contributed by atoms with E-state index in [4.69, 9.17) is 16.3 Å². The number of hydrogen-bond acceptors (Lipinski definition) is 3. The Kier molecular flexibility index (Phi) is 5.56. The second-order valence-corrected chi connectivity index (χ2v) is 4.08. The maximum atomic E-state index is 12.4. The molecule has 0 fully saturated rings. The largest absolute Gasteiger partial charge is 0.417 e. The van der Waals surface area contributed by atoms with Gasteiger partial charge in [-0.25, -0.2) is 0 Å². The van der Waals surface area contributed by atoms with Crippen molar-refractivity contribution in [2.75, 3.05) is 13.7 Å². The zero-order valence-electron chi connectivity index (χ0n) is 10.1. The molecule has 1 aromatic rings. The number of hydrogen-bond donors (Lipinski definition) is 1. The molecule has 1 N–H and O–H groups in total. The summed E-state index contributed by atoms with van der Waals surface area (Å²) in [5, 5.41) is 2.35. The first-order chi connectivity index (χ1) is 8.84. The first-order valence-electron chi connectivity index (χ1n) is 5.32.